The van der Waals surface area contributed by atoms with Crippen LogP contribution in [0.5, 0.6) is 0 Å². The van der Waals surface area contributed by atoms with Crippen LogP contribution in [0.1, 0.15) is 6.92 Å². The largest absolute Gasteiger partial charge is 0.363 e. The molecular formula is C25H21F4N5O4S2. The number of rotatable bonds is 9. The Balaban J connectivity index is 1.92. The molecule has 2 heterocycles. The van der Waals surface area contributed by atoms with Gasteiger partial charge in [0.15, 0.2) is 10.9 Å². The van der Waals surface area contributed by atoms with Gasteiger partial charge in [0.1, 0.15) is 29.1 Å². The van der Waals surface area contributed by atoms with E-state index >= 15 is 8.78 Å². The maximum Gasteiger partial charge on any atom is 0.321 e. The van der Waals surface area contributed by atoms with Gasteiger partial charge in [-0.25, -0.2) is 40.1 Å². The van der Waals surface area contributed by atoms with Crippen LogP contribution in [0, 0.1) is 23.3 Å². The van der Waals surface area contributed by atoms with E-state index in [-0.39, 0.29) is 15.7 Å². The zero-order valence-corrected chi connectivity index (χ0v) is 22.5. The first-order valence-electron chi connectivity index (χ1n) is 11.5. The third-order valence-electron chi connectivity index (χ3n) is 5.41. The minimum atomic E-state index is -4.94. The molecule has 0 unspecified atom stereocenters. The minimum absolute atomic E-state index is 0.000154. The van der Waals surface area contributed by atoms with Crippen LogP contribution >= 0.6 is 11.3 Å². The number of nitrogens with one attached hydrogen (secondary N) is 2. The Morgan fingerprint density at radius 3 is 2.42 bits per heavy atom. The van der Waals surface area contributed by atoms with E-state index in [1.807, 2.05) is 0 Å². The maximum atomic E-state index is 16.2. The SMILES string of the molecule is CCNC(=O)Nc1nc(-c2c(F)ccc(N(COC)S(=O)(=O)c3cc(F)ccc3F)c2F)c(-c2ccncc2)s1. The molecule has 0 aliphatic rings. The Morgan fingerprint density at radius 2 is 1.75 bits per heavy atom. The van der Waals surface area contributed by atoms with Crippen molar-refractivity contribution in [2.45, 2.75) is 11.8 Å². The molecule has 0 spiro atoms. The predicted octanol–water partition coefficient (Wildman–Crippen LogP) is 5.37. The average Bonchev–Trinajstić information content (AvgIpc) is 3.32. The maximum absolute atomic E-state index is 16.2. The molecule has 0 fully saturated rings. The van der Waals surface area contributed by atoms with Crippen molar-refractivity contribution in [1.82, 2.24) is 15.3 Å². The van der Waals surface area contributed by atoms with Crippen LogP contribution in [-0.4, -0.2) is 44.8 Å². The van der Waals surface area contributed by atoms with Crippen molar-refractivity contribution in [3.63, 3.8) is 0 Å². The van der Waals surface area contributed by atoms with Gasteiger partial charge in [0.05, 0.1) is 21.8 Å². The summed E-state index contributed by atoms with van der Waals surface area (Å²) >= 11 is 0.918. The number of benzene rings is 2. The van der Waals surface area contributed by atoms with Crippen molar-refractivity contribution in [2.24, 2.45) is 0 Å². The number of ether oxygens (including phenoxy) is 1. The Kier molecular flexibility index (Phi) is 8.66. The van der Waals surface area contributed by atoms with Gasteiger partial charge in [-0.1, -0.05) is 11.3 Å². The summed E-state index contributed by atoms with van der Waals surface area (Å²) in [7, 11) is -3.84. The second kappa shape index (κ2) is 12.0. The fraction of sp³-hybridized carbons (Fsp3) is 0.160. The molecule has 0 bridgehead atoms. The van der Waals surface area contributed by atoms with E-state index in [4.69, 9.17) is 4.74 Å². The first-order valence-corrected chi connectivity index (χ1v) is 13.7. The van der Waals surface area contributed by atoms with Crippen molar-refractivity contribution < 1.29 is 35.5 Å². The summed E-state index contributed by atoms with van der Waals surface area (Å²) in [6.07, 6.45) is 2.89. The fourth-order valence-corrected chi connectivity index (χ4v) is 6.10. The number of anilines is 2. The smallest absolute Gasteiger partial charge is 0.321 e. The third-order valence-corrected chi connectivity index (χ3v) is 8.18. The Labute approximate surface area is 230 Å². The molecule has 2 N–H and O–H groups in total. The van der Waals surface area contributed by atoms with Crippen LogP contribution in [0.3, 0.4) is 0 Å². The number of urea groups is 1. The van der Waals surface area contributed by atoms with E-state index in [9.17, 15) is 22.0 Å². The van der Waals surface area contributed by atoms with Gasteiger partial charge in [0.25, 0.3) is 10.0 Å². The summed E-state index contributed by atoms with van der Waals surface area (Å²) in [4.78, 5) is 19.4. The molecule has 15 heteroatoms. The topological polar surface area (TPSA) is 114 Å². The lowest BCUT2D eigenvalue weighted by Gasteiger charge is -2.25. The van der Waals surface area contributed by atoms with Gasteiger partial charge in [0, 0.05) is 26.0 Å². The van der Waals surface area contributed by atoms with Crippen LogP contribution in [0.15, 0.2) is 59.8 Å². The molecule has 2 aromatic carbocycles. The first-order chi connectivity index (χ1) is 19.1. The molecule has 9 nitrogen and oxygen atoms in total. The molecule has 0 saturated carbocycles. The normalized spacial score (nSPS) is 11.3. The standard InChI is InChI=1S/C25H21F4N5O4S2/c1-3-31-24(35)33-25-32-22(23(39-25)14-8-10-30-11-9-14)20-17(28)6-7-18(21(20)29)34(13-38-2)40(36,37)19-12-15(26)4-5-16(19)27/h4-12H,3,13H2,1-2H3,(H2,31,32,33,35). The quantitative estimate of drug-likeness (QED) is 0.199. The van der Waals surface area contributed by atoms with Crippen LogP contribution in [-0.2, 0) is 14.8 Å². The number of amides is 2. The van der Waals surface area contributed by atoms with Crippen LogP contribution in [0.25, 0.3) is 21.7 Å². The van der Waals surface area contributed by atoms with Gasteiger partial charge in [-0.3, -0.25) is 10.3 Å². The lowest BCUT2D eigenvalue weighted by molar-refractivity contribution is 0.209. The van der Waals surface area contributed by atoms with Gasteiger partial charge in [-0.05, 0) is 55.0 Å². The van der Waals surface area contributed by atoms with Crippen molar-refractivity contribution in [2.75, 3.05) is 30.0 Å². The zero-order valence-electron chi connectivity index (χ0n) is 20.9. The van der Waals surface area contributed by atoms with Gasteiger partial charge in [0.2, 0.25) is 0 Å². The molecule has 0 aliphatic carbocycles. The van der Waals surface area contributed by atoms with E-state index in [1.165, 1.54) is 12.4 Å². The Hall–Kier alpha value is -4.08. The average molecular weight is 596 g/mol. The highest BCUT2D eigenvalue weighted by Crippen LogP contribution is 2.43. The number of hydrogen-bond acceptors (Lipinski definition) is 7. The first kappa shape index (κ1) is 28.9. The Morgan fingerprint density at radius 1 is 1.05 bits per heavy atom. The summed E-state index contributed by atoms with van der Waals surface area (Å²) in [6.45, 7) is 1.18. The third kappa shape index (κ3) is 5.76. The number of carbonyl (C=O) groups is 1. The van der Waals surface area contributed by atoms with E-state index in [1.54, 1.807) is 19.1 Å². The van der Waals surface area contributed by atoms with Gasteiger partial charge < -0.3 is 10.1 Å². The van der Waals surface area contributed by atoms with Crippen LogP contribution < -0.4 is 14.9 Å². The molecule has 0 atom stereocenters. The number of halogens is 4. The number of carbonyl (C=O) groups excluding carboxylic acids is 1. The van der Waals surface area contributed by atoms with Crippen molar-refractivity contribution in [3.05, 3.63) is 78.1 Å². The summed E-state index contributed by atoms with van der Waals surface area (Å²) in [5, 5.41) is 5.01. The summed E-state index contributed by atoms with van der Waals surface area (Å²) in [6, 6.07) is 5.92. The summed E-state index contributed by atoms with van der Waals surface area (Å²) < 4.78 is 91.8. The molecule has 2 aromatic heterocycles. The number of aromatic nitrogens is 2. The van der Waals surface area contributed by atoms with Gasteiger partial charge in [-0.2, -0.15) is 0 Å². The van der Waals surface area contributed by atoms with Crippen molar-refractivity contribution in [1.29, 1.82) is 0 Å². The molecule has 0 aliphatic heterocycles. The Bertz CT molecular complexity index is 1650. The number of hydrogen-bond donors (Lipinski definition) is 2. The molecule has 0 radical (unpaired) electrons. The molecule has 40 heavy (non-hydrogen) atoms. The lowest BCUT2D eigenvalue weighted by Crippen LogP contribution is -2.34. The van der Waals surface area contributed by atoms with Crippen LogP contribution in [0.4, 0.5) is 33.2 Å². The van der Waals surface area contributed by atoms with E-state index < -0.39 is 62.2 Å². The number of pyridine rings is 1. The molecule has 210 valence electrons. The van der Waals surface area contributed by atoms with Crippen molar-refractivity contribution >= 4 is 38.2 Å². The van der Waals surface area contributed by atoms with E-state index in [0.717, 1.165) is 36.6 Å². The fourth-order valence-electron chi connectivity index (χ4n) is 3.67. The number of thiazole rings is 1. The summed E-state index contributed by atoms with van der Waals surface area (Å²) in [5.41, 5.74) is -1.22. The number of sulfonamides is 1. The lowest BCUT2D eigenvalue weighted by atomic mass is 10.1. The molecule has 2 amide bonds. The minimum Gasteiger partial charge on any atom is -0.363 e. The van der Waals surface area contributed by atoms with Crippen molar-refractivity contribution in [3.8, 4) is 21.7 Å². The predicted molar refractivity (Wildman–Crippen MR) is 141 cm³/mol. The van der Waals surface area contributed by atoms with E-state index in [2.05, 4.69) is 20.6 Å². The summed E-state index contributed by atoms with van der Waals surface area (Å²) in [5.74, 6) is -4.80. The zero-order chi connectivity index (χ0) is 29.0. The van der Waals surface area contributed by atoms with E-state index in [0.29, 0.717) is 28.5 Å². The number of nitrogens with zero attached hydrogens (tertiary/aromatic N) is 3. The monoisotopic (exact) mass is 595 g/mol. The highest BCUT2D eigenvalue weighted by atomic mass is 32.2. The molecule has 4 aromatic rings. The highest BCUT2D eigenvalue weighted by molar-refractivity contribution is 7.92. The van der Waals surface area contributed by atoms with Gasteiger partial charge in [-0.15, -0.1) is 0 Å². The van der Waals surface area contributed by atoms with Gasteiger partial charge >= 0.3 is 6.03 Å². The second-order valence-corrected chi connectivity index (χ2v) is 10.8. The number of methoxy groups -OCH3 is 1. The highest BCUT2D eigenvalue weighted by Gasteiger charge is 2.33. The second-order valence-electron chi connectivity index (χ2n) is 8.02. The molecule has 0 saturated heterocycles. The van der Waals surface area contributed by atoms with Crippen LogP contribution in [0.2, 0.25) is 0 Å². The molecule has 4 rings (SSSR count). The molecular weight excluding hydrogens is 574 g/mol.